The summed E-state index contributed by atoms with van der Waals surface area (Å²) in [4.78, 5) is 4.16. The smallest absolute Gasteiger partial charge is 0.140 e. The molecule has 1 saturated heterocycles. The molecule has 0 saturated carbocycles. The third-order valence-electron chi connectivity index (χ3n) is 3.01. The van der Waals surface area contributed by atoms with E-state index in [0.717, 1.165) is 31.9 Å². The normalized spacial score (nSPS) is 21.2. The van der Waals surface area contributed by atoms with E-state index in [1.54, 1.807) is 11.0 Å². The predicted molar refractivity (Wildman–Crippen MR) is 60.9 cm³/mol. The maximum atomic E-state index is 5.67. The molecule has 2 rings (SSSR count). The van der Waals surface area contributed by atoms with Crippen molar-refractivity contribution in [2.24, 2.45) is 7.05 Å². The number of ether oxygens (including phenoxy) is 1. The molecule has 1 atom stereocenters. The van der Waals surface area contributed by atoms with E-state index in [-0.39, 0.29) is 0 Å². The second kappa shape index (κ2) is 5.96. The number of hydrogen-bond donors (Lipinski definition) is 1. The molecule has 0 amide bonds. The first-order valence-corrected chi connectivity index (χ1v) is 6.01. The van der Waals surface area contributed by atoms with Gasteiger partial charge in [-0.05, 0) is 32.2 Å². The zero-order valence-electron chi connectivity index (χ0n) is 9.85. The Kier molecular flexibility index (Phi) is 4.30. The number of aromatic nitrogens is 3. The van der Waals surface area contributed by atoms with Gasteiger partial charge < -0.3 is 10.1 Å². The molecule has 1 aromatic heterocycles. The summed E-state index contributed by atoms with van der Waals surface area (Å²) < 4.78 is 7.46. The molecule has 90 valence electrons. The molecule has 5 nitrogen and oxygen atoms in total. The van der Waals surface area contributed by atoms with Crippen molar-refractivity contribution in [3.8, 4) is 0 Å². The Hall–Kier alpha value is -0.940. The topological polar surface area (TPSA) is 52.0 Å². The SMILES string of the molecule is Cn1ncnc1CNCCC1CCCCO1. The Balaban J connectivity index is 1.59. The molecule has 5 heteroatoms. The second-order valence-corrected chi connectivity index (χ2v) is 4.25. The van der Waals surface area contributed by atoms with Crippen LogP contribution in [-0.2, 0) is 18.3 Å². The molecule has 0 bridgehead atoms. The van der Waals surface area contributed by atoms with Crippen LogP contribution in [0.15, 0.2) is 6.33 Å². The van der Waals surface area contributed by atoms with Crippen LogP contribution in [0.3, 0.4) is 0 Å². The van der Waals surface area contributed by atoms with Crippen molar-refractivity contribution in [1.82, 2.24) is 20.1 Å². The van der Waals surface area contributed by atoms with Crippen molar-refractivity contribution in [1.29, 1.82) is 0 Å². The van der Waals surface area contributed by atoms with Gasteiger partial charge in [0.1, 0.15) is 12.2 Å². The monoisotopic (exact) mass is 224 g/mol. The minimum Gasteiger partial charge on any atom is -0.378 e. The summed E-state index contributed by atoms with van der Waals surface area (Å²) in [5, 5.41) is 7.40. The Labute approximate surface area is 96.2 Å². The van der Waals surface area contributed by atoms with Crippen LogP contribution in [0.2, 0.25) is 0 Å². The summed E-state index contributed by atoms with van der Waals surface area (Å²) in [5.41, 5.74) is 0. The minimum absolute atomic E-state index is 0.459. The lowest BCUT2D eigenvalue weighted by molar-refractivity contribution is 0.0115. The highest BCUT2D eigenvalue weighted by Gasteiger charge is 2.12. The first-order valence-electron chi connectivity index (χ1n) is 6.01. The lowest BCUT2D eigenvalue weighted by Gasteiger charge is -2.22. The molecule has 16 heavy (non-hydrogen) atoms. The fraction of sp³-hybridized carbons (Fsp3) is 0.818. The predicted octanol–water partition coefficient (Wildman–Crippen LogP) is 0.864. The summed E-state index contributed by atoms with van der Waals surface area (Å²) in [6.07, 6.45) is 6.89. The van der Waals surface area contributed by atoms with Crippen molar-refractivity contribution in [3.05, 3.63) is 12.2 Å². The van der Waals surface area contributed by atoms with Gasteiger partial charge in [0, 0.05) is 13.7 Å². The molecule has 1 aromatic rings. The van der Waals surface area contributed by atoms with Crippen molar-refractivity contribution in [2.45, 2.75) is 38.3 Å². The van der Waals surface area contributed by atoms with E-state index in [2.05, 4.69) is 15.4 Å². The van der Waals surface area contributed by atoms with Crippen LogP contribution < -0.4 is 5.32 Å². The fourth-order valence-corrected chi connectivity index (χ4v) is 1.98. The highest BCUT2D eigenvalue weighted by Crippen LogP contribution is 2.14. The van der Waals surface area contributed by atoms with Crippen LogP contribution in [0.5, 0.6) is 0 Å². The number of nitrogens with one attached hydrogen (secondary N) is 1. The van der Waals surface area contributed by atoms with Gasteiger partial charge in [0.25, 0.3) is 0 Å². The van der Waals surface area contributed by atoms with E-state index in [1.165, 1.54) is 19.3 Å². The maximum Gasteiger partial charge on any atom is 0.140 e. The molecule has 1 aliphatic heterocycles. The van der Waals surface area contributed by atoms with Gasteiger partial charge in [-0.15, -0.1) is 0 Å². The summed E-state index contributed by atoms with van der Waals surface area (Å²) in [5.74, 6) is 0.976. The van der Waals surface area contributed by atoms with Gasteiger partial charge in [-0.2, -0.15) is 5.10 Å². The van der Waals surface area contributed by atoms with Crippen molar-refractivity contribution >= 4 is 0 Å². The molecule has 1 aliphatic rings. The van der Waals surface area contributed by atoms with E-state index in [1.807, 2.05) is 7.05 Å². The largest absolute Gasteiger partial charge is 0.378 e. The number of hydrogen-bond acceptors (Lipinski definition) is 4. The minimum atomic E-state index is 0.459. The molecule has 0 aromatic carbocycles. The number of nitrogens with zero attached hydrogens (tertiary/aromatic N) is 3. The van der Waals surface area contributed by atoms with E-state index in [0.29, 0.717) is 6.10 Å². The maximum absolute atomic E-state index is 5.67. The molecule has 1 unspecified atom stereocenters. The van der Waals surface area contributed by atoms with Gasteiger partial charge in [0.15, 0.2) is 0 Å². The lowest BCUT2D eigenvalue weighted by Crippen LogP contribution is -2.25. The third kappa shape index (κ3) is 3.28. The van der Waals surface area contributed by atoms with E-state index < -0.39 is 0 Å². The summed E-state index contributed by atoms with van der Waals surface area (Å²) in [7, 11) is 1.91. The van der Waals surface area contributed by atoms with Crippen molar-refractivity contribution < 1.29 is 4.74 Å². The van der Waals surface area contributed by atoms with Crippen LogP contribution in [0.4, 0.5) is 0 Å². The number of aryl methyl sites for hydroxylation is 1. The number of rotatable bonds is 5. The van der Waals surface area contributed by atoms with Gasteiger partial charge in [-0.1, -0.05) is 0 Å². The highest BCUT2D eigenvalue weighted by atomic mass is 16.5. The van der Waals surface area contributed by atoms with Crippen LogP contribution in [0, 0.1) is 0 Å². The van der Waals surface area contributed by atoms with E-state index in [9.17, 15) is 0 Å². The molecule has 1 fully saturated rings. The Morgan fingerprint density at radius 2 is 2.50 bits per heavy atom. The van der Waals surface area contributed by atoms with Crippen molar-refractivity contribution in [3.63, 3.8) is 0 Å². The Bertz CT molecular complexity index is 307. The van der Waals surface area contributed by atoms with E-state index in [4.69, 9.17) is 4.74 Å². The second-order valence-electron chi connectivity index (χ2n) is 4.25. The van der Waals surface area contributed by atoms with Gasteiger partial charge in [-0.25, -0.2) is 4.98 Å². The fourth-order valence-electron chi connectivity index (χ4n) is 1.98. The summed E-state index contributed by atoms with van der Waals surface area (Å²) in [6.45, 7) is 2.70. The molecule has 2 heterocycles. The first kappa shape index (κ1) is 11.5. The quantitative estimate of drug-likeness (QED) is 0.754. The zero-order chi connectivity index (χ0) is 11.2. The van der Waals surface area contributed by atoms with E-state index >= 15 is 0 Å². The van der Waals surface area contributed by atoms with Gasteiger partial charge in [0.2, 0.25) is 0 Å². The lowest BCUT2D eigenvalue weighted by atomic mass is 10.1. The Morgan fingerprint density at radius 3 is 3.19 bits per heavy atom. The third-order valence-corrected chi connectivity index (χ3v) is 3.01. The highest BCUT2D eigenvalue weighted by molar-refractivity contribution is 4.82. The van der Waals surface area contributed by atoms with Crippen LogP contribution >= 0.6 is 0 Å². The average Bonchev–Trinajstić information content (AvgIpc) is 2.72. The molecule has 0 aliphatic carbocycles. The average molecular weight is 224 g/mol. The summed E-state index contributed by atoms with van der Waals surface area (Å²) >= 11 is 0. The molecule has 0 radical (unpaired) electrons. The van der Waals surface area contributed by atoms with Crippen LogP contribution in [0.25, 0.3) is 0 Å². The molecular weight excluding hydrogens is 204 g/mol. The molecular formula is C11H20N4O. The van der Waals surface area contributed by atoms with Crippen LogP contribution in [0.1, 0.15) is 31.5 Å². The van der Waals surface area contributed by atoms with Gasteiger partial charge in [-0.3, -0.25) is 4.68 Å². The molecule has 1 N–H and O–H groups in total. The summed E-state index contributed by atoms with van der Waals surface area (Å²) in [6, 6.07) is 0. The van der Waals surface area contributed by atoms with Crippen LogP contribution in [-0.4, -0.2) is 34.0 Å². The van der Waals surface area contributed by atoms with Gasteiger partial charge in [0.05, 0.1) is 12.6 Å². The van der Waals surface area contributed by atoms with Crippen molar-refractivity contribution in [2.75, 3.05) is 13.2 Å². The zero-order valence-corrected chi connectivity index (χ0v) is 9.85. The molecule has 0 spiro atoms. The van der Waals surface area contributed by atoms with Gasteiger partial charge >= 0.3 is 0 Å². The Morgan fingerprint density at radius 1 is 1.56 bits per heavy atom. The first-order chi connectivity index (χ1) is 7.86. The standard InChI is InChI=1S/C11H20N4O/c1-15-11(13-9-14-15)8-12-6-5-10-4-2-3-7-16-10/h9-10,12H,2-8H2,1H3.